The zero-order chi connectivity index (χ0) is 10.5. The van der Waals surface area contributed by atoms with Crippen LogP contribution in [0.2, 0.25) is 0 Å². The topological polar surface area (TPSA) is 0 Å². The molecule has 0 saturated heterocycles. The van der Waals surface area contributed by atoms with Gasteiger partial charge in [-0.15, -0.1) is 0 Å². The molecule has 0 atom stereocenters. The van der Waals surface area contributed by atoms with E-state index in [0.717, 1.165) is 0 Å². The molecule has 15 heavy (non-hydrogen) atoms. The van der Waals surface area contributed by atoms with E-state index in [1.165, 1.54) is 36.0 Å². The molecule has 0 N–H and O–H groups in total. The van der Waals surface area contributed by atoms with Crippen molar-refractivity contribution in [3.05, 3.63) is 46.7 Å². The molecule has 1 heteroatoms. The summed E-state index contributed by atoms with van der Waals surface area (Å²) in [5.74, 6) is 0. The maximum Gasteiger partial charge on any atom is -0.00147 e. The number of aryl methyl sites for hydroxylation is 1. The van der Waals surface area contributed by atoms with E-state index in [-0.39, 0.29) is 0 Å². The average Bonchev–Trinajstić information content (AvgIpc) is 2.80. The molecule has 0 unspecified atom stereocenters. The smallest absolute Gasteiger partial charge is 0.00147 e. The minimum Gasteiger partial charge on any atom is -0.152 e. The summed E-state index contributed by atoms with van der Waals surface area (Å²) >= 11 is 1.75. The maximum absolute atomic E-state index is 2.25. The van der Waals surface area contributed by atoms with Gasteiger partial charge in [0.05, 0.1) is 0 Å². The molecule has 0 amide bonds. The molecule has 0 aliphatic carbocycles. The average molecular weight is 216 g/mol. The van der Waals surface area contributed by atoms with E-state index in [1.807, 2.05) is 0 Å². The molecule has 1 heterocycles. The Kier molecular flexibility index (Phi) is 3.57. The number of rotatable bonds is 4. The Morgan fingerprint density at radius 3 is 2.40 bits per heavy atom. The zero-order valence-corrected chi connectivity index (χ0v) is 9.89. The highest BCUT2D eigenvalue weighted by Gasteiger charge is 1.97. The van der Waals surface area contributed by atoms with Crippen molar-refractivity contribution in [1.29, 1.82) is 0 Å². The number of benzene rings is 1. The van der Waals surface area contributed by atoms with Gasteiger partial charge in [-0.3, -0.25) is 0 Å². The van der Waals surface area contributed by atoms with Crippen LogP contribution in [0.25, 0.3) is 11.1 Å². The van der Waals surface area contributed by atoms with Crippen molar-refractivity contribution in [1.82, 2.24) is 0 Å². The second-order valence-electron chi connectivity index (χ2n) is 3.81. The molecule has 0 nitrogen and oxygen atoms in total. The van der Waals surface area contributed by atoms with Gasteiger partial charge >= 0.3 is 0 Å². The summed E-state index contributed by atoms with van der Waals surface area (Å²) in [4.78, 5) is 0. The highest BCUT2D eigenvalue weighted by atomic mass is 32.1. The van der Waals surface area contributed by atoms with Crippen molar-refractivity contribution in [3.8, 4) is 11.1 Å². The van der Waals surface area contributed by atoms with Gasteiger partial charge in [0.1, 0.15) is 0 Å². The van der Waals surface area contributed by atoms with Gasteiger partial charge < -0.3 is 0 Å². The molecule has 2 rings (SSSR count). The summed E-state index contributed by atoms with van der Waals surface area (Å²) in [5.41, 5.74) is 4.12. The Morgan fingerprint density at radius 2 is 1.80 bits per heavy atom. The Labute approximate surface area is 95.6 Å². The van der Waals surface area contributed by atoms with E-state index < -0.39 is 0 Å². The summed E-state index contributed by atoms with van der Waals surface area (Å²) < 4.78 is 0. The van der Waals surface area contributed by atoms with E-state index in [4.69, 9.17) is 0 Å². The van der Waals surface area contributed by atoms with Crippen LogP contribution in [0.5, 0.6) is 0 Å². The Bertz CT molecular complexity index is 384. The molecule has 0 aliphatic rings. The fourth-order valence-corrected chi connectivity index (χ4v) is 2.34. The van der Waals surface area contributed by atoms with Crippen LogP contribution in [0.4, 0.5) is 0 Å². The third-order valence-corrected chi connectivity index (χ3v) is 3.31. The fourth-order valence-electron chi connectivity index (χ4n) is 1.67. The number of thiophene rings is 1. The molecule has 0 bridgehead atoms. The standard InChI is InChI=1S/C14H16S/c1-2-3-4-12-5-7-13(8-6-12)14-9-10-15-11-14/h5-11H,2-4H2,1H3. The van der Waals surface area contributed by atoms with Crippen LogP contribution >= 0.6 is 11.3 Å². The molecule has 0 aliphatic heterocycles. The summed E-state index contributed by atoms with van der Waals surface area (Å²) in [7, 11) is 0. The lowest BCUT2D eigenvalue weighted by atomic mass is 10.0. The van der Waals surface area contributed by atoms with Gasteiger partial charge in [-0.05, 0) is 46.4 Å². The molecular formula is C14H16S. The van der Waals surface area contributed by atoms with Crippen LogP contribution in [-0.4, -0.2) is 0 Å². The SMILES string of the molecule is CCCCc1ccc(-c2ccsc2)cc1. The molecule has 1 aromatic carbocycles. The van der Waals surface area contributed by atoms with Crippen molar-refractivity contribution in [2.45, 2.75) is 26.2 Å². The van der Waals surface area contributed by atoms with Gasteiger partial charge in [0.25, 0.3) is 0 Å². The summed E-state index contributed by atoms with van der Waals surface area (Å²) in [6, 6.07) is 11.1. The maximum atomic E-state index is 2.25. The van der Waals surface area contributed by atoms with Crippen LogP contribution < -0.4 is 0 Å². The Hall–Kier alpha value is -1.08. The van der Waals surface area contributed by atoms with Gasteiger partial charge in [0.15, 0.2) is 0 Å². The van der Waals surface area contributed by atoms with Crippen molar-refractivity contribution < 1.29 is 0 Å². The first-order valence-corrected chi connectivity index (χ1v) is 6.46. The predicted molar refractivity (Wildman–Crippen MR) is 68.4 cm³/mol. The number of hydrogen-bond donors (Lipinski definition) is 0. The lowest BCUT2D eigenvalue weighted by Gasteiger charge is -2.01. The van der Waals surface area contributed by atoms with Crippen LogP contribution in [0.1, 0.15) is 25.3 Å². The van der Waals surface area contributed by atoms with Crippen molar-refractivity contribution >= 4 is 11.3 Å². The number of unbranched alkanes of at least 4 members (excludes halogenated alkanes) is 1. The third kappa shape index (κ3) is 2.69. The van der Waals surface area contributed by atoms with Crippen LogP contribution in [0.15, 0.2) is 41.1 Å². The molecule has 0 fully saturated rings. The van der Waals surface area contributed by atoms with Gasteiger partial charge in [-0.2, -0.15) is 11.3 Å². The first kappa shape index (κ1) is 10.4. The minimum absolute atomic E-state index is 1.21. The fraction of sp³-hybridized carbons (Fsp3) is 0.286. The van der Waals surface area contributed by atoms with Gasteiger partial charge in [-0.1, -0.05) is 37.6 Å². The lowest BCUT2D eigenvalue weighted by Crippen LogP contribution is -1.84. The second-order valence-corrected chi connectivity index (χ2v) is 4.59. The van der Waals surface area contributed by atoms with Crippen LogP contribution in [0.3, 0.4) is 0 Å². The van der Waals surface area contributed by atoms with Crippen molar-refractivity contribution in [3.63, 3.8) is 0 Å². The third-order valence-electron chi connectivity index (χ3n) is 2.63. The highest BCUT2D eigenvalue weighted by molar-refractivity contribution is 7.08. The molecule has 0 radical (unpaired) electrons. The molecule has 0 saturated carbocycles. The Morgan fingerprint density at radius 1 is 1.00 bits per heavy atom. The van der Waals surface area contributed by atoms with E-state index >= 15 is 0 Å². The molecule has 2 aromatic rings. The van der Waals surface area contributed by atoms with Crippen LogP contribution in [0, 0.1) is 0 Å². The second kappa shape index (κ2) is 5.13. The molecule has 1 aromatic heterocycles. The van der Waals surface area contributed by atoms with Gasteiger partial charge in [-0.25, -0.2) is 0 Å². The zero-order valence-electron chi connectivity index (χ0n) is 9.07. The first-order valence-electron chi connectivity index (χ1n) is 5.51. The minimum atomic E-state index is 1.21. The van der Waals surface area contributed by atoms with E-state index in [2.05, 4.69) is 48.0 Å². The summed E-state index contributed by atoms with van der Waals surface area (Å²) in [6.45, 7) is 2.24. The van der Waals surface area contributed by atoms with Crippen molar-refractivity contribution in [2.24, 2.45) is 0 Å². The van der Waals surface area contributed by atoms with Gasteiger partial charge in [0.2, 0.25) is 0 Å². The predicted octanol–water partition coefficient (Wildman–Crippen LogP) is 4.76. The van der Waals surface area contributed by atoms with E-state index in [9.17, 15) is 0 Å². The lowest BCUT2D eigenvalue weighted by molar-refractivity contribution is 0.795. The largest absolute Gasteiger partial charge is 0.152 e. The first-order chi connectivity index (χ1) is 7.40. The van der Waals surface area contributed by atoms with E-state index in [1.54, 1.807) is 11.3 Å². The van der Waals surface area contributed by atoms with Gasteiger partial charge in [0, 0.05) is 0 Å². The molecule has 78 valence electrons. The monoisotopic (exact) mass is 216 g/mol. The van der Waals surface area contributed by atoms with Crippen molar-refractivity contribution in [2.75, 3.05) is 0 Å². The highest BCUT2D eigenvalue weighted by Crippen LogP contribution is 2.22. The Balaban J connectivity index is 2.11. The van der Waals surface area contributed by atoms with Crippen LogP contribution in [-0.2, 0) is 6.42 Å². The van der Waals surface area contributed by atoms with E-state index in [0.29, 0.717) is 0 Å². The number of hydrogen-bond acceptors (Lipinski definition) is 1. The normalized spacial score (nSPS) is 10.5. The molecule has 0 spiro atoms. The quantitative estimate of drug-likeness (QED) is 0.691. The molecular weight excluding hydrogens is 200 g/mol. The summed E-state index contributed by atoms with van der Waals surface area (Å²) in [6.07, 6.45) is 3.77. The summed E-state index contributed by atoms with van der Waals surface area (Å²) in [5, 5.41) is 4.32.